The van der Waals surface area contributed by atoms with Crippen molar-refractivity contribution in [2.24, 2.45) is 0 Å². The van der Waals surface area contributed by atoms with E-state index in [4.69, 9.17) is 16.0 Å². The lowest BCUT2D eigenvalue weighted by Gasteiger charge is -1.94. The Kier molecular flexibility index (Phi) is 2.34. The summed E-state index contributed by atoms with van der Waals surface area (Å²) in [5.74, 6) is 0.704. The zero-order valence-electron chi connectivity index (χ0n) is 9.14. The fraction of sp³-hybridized carbons (Fsp3) is 0.0769. The number of furan rings is 1. The number of fused-ring (bicyclic) bond motifs is 1. The molecule has 2 aromatic heterocycles. The average Bonchev–Trinajstić information content (AvgIpc) is 2.72. The molecule has 0 aliphatic carbocycles. The van der Waals surface area contributed by atoms with Gasteiger partial charge in [-0.3, -0.25) is 0 Å². The first-order valence-electron chi connectivity index (χ1n) is 5.21. The fourth-order valence-electron chi connectivity index (χ4n) is 1.76. The molecule has 1 aromatic carbocycles. The zero-order chi connectivity index (χ0) is 11.8. The van der Waals surface area contributed by atoms with Crippen molar-refractivity contribution in [2.45, 2.75) is 6.92 Å². The van der Waals surface area contributed by atoms with Gasteiger partial charge in [-0.05, 0) is 42.8 Å². The standard InChI is InChI=1S/C13H9ClN2O/c1-8-2-3-11-9(6-8)7-12(17-11)10-4-5-15-13(14)16-10/h2-7H,1H3. The molecule has 0 unspecified atom stereocenters. The predicted octanol–water partition coefficient (Wildman–Crippen LogP) is 3.85. The van der Waals surface area contributed by atoms with E-state index in [1.54, 1.807) is 12.3 Å². The summed E-state index contributed by atoms with van der Waals surface area (Å²) in [7, 11) is 0. The van der Waals surface area contributed by atoms with Crippen LogP contribution < -0.4 is 0 Å². The van der Waals surface area contributed by atoms with Crippen LogP contribution in [-0.4, -0.2) is 9.97 Å². The van der Waals surface area contributed by atoms with Crippen molar-refractivity contribution in [1.29, 1.82) is 0 Å². The Labute approximate surface area is 103 Å². The monoisotopic (exact) mass is 244 g/mol. The van der Waals surface area contributed by atoms with Gasteiger partial charge in [0.05, 0.1) is 0 Å². The topological polar surface area (TPSA) is 38.9 Å². The lowest BCUT2D eigenvalue weighted by atomic mass is 10.2. The minimum Gasteiger partial charge on any atom is -0.454 e. The lowest BCUT2D eigenvalue weighted by Crippen LogP contribution is -1.83. The van der Waals surface area contributed by atoms with Gasteiger partial charge in [0, 0.05) is 11.6 Å². The van der Waals surface area contributed by atoms with E-state index in [-0.39, 0.29) is 5.28 Å². The SMILES string of the molecule is Cc1ccc2oc(-c3ccnc(Cl)n3)cc2c1. The highest BCUT2D eigenvalue weighted by Gasteiger charge is 2.08. The summed E-state index contributed by atoms with van der Waals surface area (Å²) in [6.45, 7) is 2.05. The van der Waals surface area contributed by atoms with Crippen molar-refractivity contribution in [1.82, 2.24) is 9.97 Å². The minimum atomic E-state index is 0.221. The molecule has 0 N–H and O–H groups in total. The van der Waals surface area contributed by atoms with Gasteiger partial charge in [0.2, 0.25) is 5.28 Å². The Hall–Kier alpha value is -1.87. The highest BCUT2D eigenvalue weighted by atomic mass is 35.5. The summed E-state index contributed by atoms with van der Waals surface area (Å²) < 4.78 is 5.72. The molecule has 84 valence electrons. The van der Waals surface area contributed by atoms with Crippen LogP contribution in [0.25, 0.3) is 22.4 Å². The first kappa shape index (κ1) is 10.3. The van der Waals surface area contributed by atoms with Gasteiger partial charge in [-0.15, -0.1) is 0 Å². The van der Waals surface area contributed by atoms with Crippen LogP contribution in [0.1, 0.15) is 5.56 Å². The Morgan fingerprint density at radius 1 is 1.18 bits per heavy atom. The highest BCUT2D eigenvalue weighted by Crippen LogP contribution is 2.27. The number of nitrogens with zero attached hydrogens (tertiary/aromatic N) is 2. The van der Waals surface area contributed by atoms with Crippen LogP contribution in [0.5, 0.6) is 0 Å². The van der Waals surface area contributed by atoms with Crippen LogP contribution in [0.3, 0.4) is 0 Å². The predicted molar refractivity (Wildman–Crippen MR) is 67.0 cm³/mol. The number of aromatic nitrogens is 2. The van der Waals surface area contributed by atoms with Crippen molar-refractivity contribution in [3.05, 3.63) is 47.4 Å². The Bertz CT molecular complexity index is 691. The maximum absolute atomic E-state index is 5.75. The molecule has 0 radical (unpaired) electrons. The van der Waals surface area contributed by atoms with Crippen LogP contribution in [-0.2, 0) is 0 Å². The molecule has 0 spiro atoms. The Balaban J connectivity index is 2.18. The molecule has 3 aromatic rings. The third-order valence-corrected chi connectivity index (χ3v) is 2.73. The normalized spacial score (nSPS) is 10.9. The van der Waals surface area contributed by atoms with Gasteiger partial charge >= 0.3 is 0 Å². The molecule has 17 heavy (non-hydrogen) atoms. The van der Waals surface area contributed by atoms with Gasteiger partial charge in [-0.25, -0.2) is 9.97 Å². The molecule has 4 heteroatoms. The zero-order valence-corrected chi connectivity index (χ0v) is 9.90. The second-order valence-corrected chi connectivity index (χ2v) is 4.20. The van der Waals surface area contributed by atoms with Crippen molar-refractivity contribution in [3.63, 3.8) is 0 Å². The molecular weight excluding hydrogens is 236 g/mol. The van der Waals surface area contributed by atoms with E-state index < -0.39 is 0 Å². The van der Waals surface area contributed by atoms with E-state index in [2.05, 4.69) is 16.0 Å². The lowest BCUT2D eigenvalue weighted by molar-refractivity contribution is 0.628. The summed E-state index contributed by atoms with van der Waals surface area (Å²) in [4.78, 5) is 7.97. The van der Waals surface area contributed by atoms with E-state index in [0.29, 0.717) is 11.5 Å². The number of rotatable bonds is 1. The molecule has 0 saturated carbocycles. The molecule has 3 rings (SSSR count). The summed E-state index contributed by atoms with van der Waals surface area (Å²) in [6, 6.07) is 9.78. The average molecular weight is 245 g/mol. The molecular formula is C13H9ClN2O. The van der Waals surface area contributed by atoms with Crippen molar-refractivity contribution in [3.8, 4) is 11.5 Å². The molecule has 2 heterocycles. The van der Waals surface area contributed by atoms with Crippen LogP contribution in [0.2, 0.25) is 5.28 Å². The number of hydrogen-bond acceptors (Lipinski definition) is 3. The van der Waals surface area contributed by atoms with Crippen molar-refractivity contribution < 1.29 is 4.42 Å². The number of halogens is 1. The molecule has 0 atom stereocenters. The Morgan fingerprint density at radius 2 is 2.06 bits per heavy atom. The second kappa shape index (κ2) is 3.86. The van der Waals surface area contributed by atoms with Crippen LogP contribution in [0.15, 0.2) is 40.9 Å². The number of benzene rings is 1. The maximum Gasteiger partial charge on any atom is 0.222 e. The molecule has 0 aliphatic rings. The van der Waals surface area contributed by atoms with E-state index in [1.165, 1.54) is 5.56 Å². The Morgan fingerprint density at radius 3 is 2.88 bits per heavy atom. The summed E-state index contributed by atoms with van der Waals surface area (Å²) >= 11 is 5.75. The quantitative estimate of drug-likeness (QED) is 0.611. The van der Waals surface area contributed by atoms with Gasteiger partial charge in [0.25, 0.3) is 0 Å². The largest absolute Gasteiger partial charge is 0.454 e. The van der Waals surface area contributed by atoms with Crippen LogP contribution in [0.4, 0.5) is 0 Å². The van der Waals surface area contributed by atoms with Gasteiger partial charge in [-0.1, -0.05) is 11.6 Å². The summed E-state index contributed by atoms with van der Waals surface area (Å²) in [5, 5.41) is 1.29. The highest BCUT2D eigenvalue weighted by molar-refractivity contribution is 6.28. The first-order valence-corrected chi connectivity index (χ1v) is 5.59. The van der Waals surface area contributed by atoms with Crippen molar-refractivity contribution >= 4 is 22.6 Å². The first-order chi connectivity index (χ1) is 8.22. The maximum atomic E-state index is 5.75. The smallest absolute Gasteiger partial charge is 0.222 e. The van der Waals surface area contributed by atoms with Crippen LogP contribution >= 0.6 is 11.6 Å². The number of hydrogen-bond donors (Lipinski definition) is 0. The molecule has 3 nitrogen and oxygen atoms in total. The summed E-state index contributed by atoms with van der Waals surface area (Å²) in [5.41, 5.74) is 2.74. The van der Waals surface area contributed by atoms with E-state index in [1.807, 2.05) is 25.1 Å². The van der Waals surface area contributed by atoms with E-state index >= 15 is 0 Å². The van der Waals surface area contributed by atoms with Gasteiger partial charge in [0.1, 0.15) is 11.3 Å². The van der Waals surface area contributed by atoms with Crippen LogP contribution in [0, 0.1) is 6.92 Å². The minimum absolute atomic E-state index is 0.221. The van der Waals surface area contributed by atoms with Gasteiger partial charge in [0.15, 0.2) is 5.76 Å². The molecule has 0 amide bonds. The third-order valence-electron chi connectivity index (χ3n) is 2.55. The summed E-state index contributed by atoms with van der Waals surface area (Å²) in [6.07, 6.45) is 1.61. The van der Waals surface area contributed by atoms with Crippen molar-refractivity contribution in [2.75, 3.05) is 0 Å². The molecule has 0 bridgehead atoms. The van der Waals surface area contributed by atoms with E-state index in [9.17, 15) is 0 Å². The third kappa shape index (κ3) is 1.89. The molecule has 0 aliphatic heterocycles. The van der Waals surface area contributed by atoms with Gasteiger partial charge in [-0.2, -0.15) is 0 Å². The molecule has 0 saturated heterocycles. The molecule has 0 fully saturated rings. The van der Waals surface area contributed by atoms with Gasteiger partial charge < -0.3 is 4.42 Å². The fourth-order valence-corrected chi connectivity index (χ4v) is 1.91. The van der Waals surface area contributed by atoms with E-state index in [0.717, 1.165) is 11.0 Å². The second-order valence-electron chi connectivity index (χ2n) is 3.86. The number of aryl methyl sites for hydroxylation is 1.